The standard InChI is InChI=1S/C36H42F2O2/c1-3-5-25-8-12-27(13-9-25)29-16-20-31(21-17-29)36(39)40-33-23-22-32(34(37)35(33)38)30-18-14-28(15-19-30)26-10-6-24(4-2)7-11-26/h14-27H,3-13H2,1-2H3/t24?,25-,26?,27-. The van der Waals surface area contributed by atoms with Gasteiger partial charge in [-0.1, -0.05) is 69.5 Å². The Morgan fingerprint density at radius 3 is 1.80 bits per heavy atom. The first-order valence-corrected chi connectivity index (χ1v) is 15.4. The minimum atomic E-state index is -1.15. The van der Waals surface area contributed by atoms with Crippen LogP contribution in [-0.2, 0) is 0 Å². The van der Waals surface area contributed by atoms with Gasteiger partial charge >= 0.3 is 5.97 Å². The largest absolute Gasteiger partial charge is 0.420 e. The van der Waals surface area contributed by atoms with Crippen LogP contribution in [0.2, 0.25) is 0 Å². The number of hydrogen-bond donors (Lipinski definition) is 0. The number of carbonyl (C=O) groups excluding carboxylic acids is 1. The molecule has 0 unspecified atom stereocenters. The third-order valence-electron chi connectivity index (χ3n) is 9.53. The second kappa shape index (κ2) is 13.1. The Morgan fingerprint density at radius 2 is 1.25 bits per heavy atom. The van der Waals surface area contributed by atoms with Crippen molar-refractivity contribution in [2.24, 2.45) is 11.8 Å². The van der Waals surface area contributed by atoms with Crippen LogP contribution in [-0.4, -0.2) is 5.97 Å². The average Bonchev–Trinajstić information content (AvgIpc) is 3.00. The van der Waals surface area contributed by atoms with Crippen molar-refractivity contribution < 1.29 is 18.3 Å². The van der Waals surface area contributed by atoms with Crippen molar-refractivity contribution in [3.8, 4) is 16.9 Å². The van der Waals surface area contributed by atoms with Crippen molar-refractivity contribution >= 4 is 5.97 Å². The monoisotopic (exact) mass is 544 g/mol. The molecule has 0 radical (unpaired) electrons. The van der Waals surface area contributed by atoms with Crippen LogP contribution >= 0.6 is 0 Å². The molecule has 2 saturated carbocycles. The molecule has 2 aliphatic carbocycles. The zero-order chi connectivity index (χ0) is 28.1. The summed E-state index contributed by atoms with van der Waals surface area (Å²) >= 11 is 0. The zero-order valence-corrected chi connectivity index (χ0v) is 23.9. The highest BCUT2D eigenvalue weighted by molar-refractivity contribution is 5.91. The lowest BCUT2D eigenvalue weighted by Gasteiger charge is -2.28. The van der Waals surface area contributed by atoms with Gasteiger partial charge in [-0.15, -0.1) is 0 Å². The van der Waals surface area contributed by atoms with Crippen LogP contribution < -0.4 is 4.74 Å². The van der Waals surface area contributed by atoms with Gasteiger partial charge in [-0.3, -0.25) is 0 Å². The minimum absolute atomic E-state index is 0.163. The predicted octanol–water partition coefficient (Wildman–Crippen LogP) is 10.6. The fourth-order valence-corrected chi connectivity index (χ4v) is 6.92. The first-order chi connectivity index (χ1) is 19.5. The van der Waals surface area contributed by atoms with E-state index in [0.717, 1.165) is 11.8 Å². The maximum Gasteiger partial charge on any atom is 0.343 e. The summed E-state index contributed by atoms with van der Waals surface area (Å²) in [6, 6.07) is 18.0. The molecule has 40 heavy (non-hydrogen) atoms. The van der Waals surface area contributed by atoms with E-state index in [-0.39, 0.29) is 5.56 Å². The molecular weight excluding hydrogens is 502 g/mol. The maximum atomic E-state index is 15.1. The van der Waals surface area contributed by atoms with Crippen LogP contribution in [0.5, 0.6) is 5.75 Å². The molecule has 0 atom stereocenters. The number of ether oxygens (including phenoxy) is 1. The van der Waals surface area contributed by atoms with E-state index in [1.54, 1.807) is 12.1 Å². The number of rotatable bonds is 8. The van der Waals surface area contributed by atoms with E-state index in [1.165, 1.54) is 93.9 Å². The normalized spacial score (nSPS) is 23.1. The fourth-order valence-electron chi connectivity index (χ4n) is 6.92. The Kier molecular flexibility index (Phi) is 9.34. The molecule has 0 N–H and O–H groups in total. The number of benzene rings is 3. The smallest absolute Gasteiger partial charge is 0.343 e. The summed E-state index contributed by atoms with van der Waals surface area (Å²) in [7, 11) is 0. The quantitative estimate of drug-likeness (QED) is 0.208. The molecule has 2 aliphatic rings. The Labute approximate surface area is 238 Å². The zero-order valence-electron chi connectivity index (χ0n) is 23.9. The van der Waals surface area contributed by atoms with Crippen LogP contribution in [0.25, 0.3) is 11.1 Å². The summed E-state index contributed by atoms with van der Waals surface area (Å²) in [5, 5.41) is 0. The molecule has 0 amide bonds. The fraction of sp³-hybridized carbons (Fsp3) is 0.472. The van der Waals surface area contributed by atoms with E-state index in [4.69, 9.17) is 4.74 Å². The van der Waals surface area contributed by atoms with Crippen molar-refractivity contribution in [2.45, 2.75) is 96.3 Å². The van der Waals surface area contributed by atoms with E-state index in [0.29, 0.717) is 23.0 Å². The van der Waals surface area contributed by atoms with Crippen LogP contribution in [0.15, 0.2) is 60.7 Å². The molecule has 0 aliphatic heterocycles. The summed E-state index contributed by atoms with van der Waals surface area (Å²) in [6.45, 7) is 4.51. The van der Waals surface area contributed by atoms with E-state index in [2.05, 4.69) is 13.8 Å². The molecule has 2 nitrogen and oxygen atoms in total. The van der Waals surface area contributed by atoms with Crippen molar-refractivity contribution in [3.05, 3.63) is 89.0 Å². The van der Waals surface area contributed by atoms with Gasteiger partial charge in [-0.25, -0.2) is 9.18 Å². The van der Waals surface area contributed by atoms with Gasteiger partial charge in [-0.2, -0.15) is 4.39 Å². The van der Waals surface area contributed by atoms with Gasteiger partial charge in [0.25, 0.3) is 0 Å². The Hall–Kier alpha value is -3.01. The van der Waals surface area contributed by atoms with Crippen molar-refractivity contribution in [2.75, 3.05) is 0 Å². The Morgan fingerprint density at radius 1 is 0.700 bits per heavy atom. The molecule has 0 aromatic heterocycles. The lowest BCUT2D eigenvalue weighted by atomic mass is 9.77. The van der Waals surface area contributed by atoms with Crippen molar-refractivity contribution in [3.63, 3.8) is 0 Å². The van der Waals surface area contributed by atoms with E-state index >= 15 is 8.78 Å². The molecule has 212 valence electrons. The molecular formula is C36H42F2O2. The molecule has 0 spiro atoms. The highest BCUT2D eigenvalue weighted by atomic mass is 19.2. The number of hydrogen-bond acceptors (Lipinski definition) is 2. The van der Waals surface area contributed by atoms with Gasteiger partial charge in [0.15, 0.2) is 11.6 Å². The Bertz CT molecular complexity index is 1270. The summed E-state index contributed by atoms with van der Waals surface area (Å²) in [5.74, 6) is -0.506. The van der Waals surface area contributed by atoms with E-state index in [1.807, 2.05) is 36.4 Å². The summed E-state index contributed by atoms with van der Waals surface area (Å²) < 4.78 is 35.4. The summed E-state index contributed by atoms with van der Waals surface area (Å²) in [4.78, 5) is 12.8. The van der Waals surface area contributed by atoms with Gasteiger partial charge in [0.1, 0.15) is 0 Å². The predicted molar refractivity (Wildman–Crippen MR) is 158 cm³/mol. The minimum Gasteiger partial charge on any atom is -0.420 e. The number of halogens is 2. The lowest BCUT2D eigenvalue weighted by Crippen LogP contribution is -2.14. The third kappa shape index (κ3) is 6.48. The molecule has 4 heteroatoms. The van der Waals surface area contributed by atoms with Gasteiger partial charge in [-0.05, 0) is 116 Å². The summed E-state index contributed by atoms with van der Waals surface area (Å²) in [5.41, 5.74) is 3.60. The van der Waals surface area contributed by atoms with Gasteiger partial charge in [0.05, 0.1) is 5.56 Å². The first-order valence-electron chi connectivity index (χ1n) is 15.4. The highest BCUT2D eigenvalue weighted by Gasteiger charge is 2.24. The second-order valence-electron chi connectivity index (χ2n) is 12.0. The maximum absolute atomic E-state index is 15.1. The third-order valence-corrected chi connectivity index (χ3v) is 9.53. The molecule has 3 aromatic carbocycles. The Balaban J connectivity index is 1.21. The molecule has 3 aromatic rings. The topological polar surface area (TPSA) is 26.3 Å². The van der Waals surface area contributed by atoms with Gasteiger partial charge in [0, 0.05) is 5.56 Å². The summed E-state index contributed by atoms with van der Waals surface area (Å²) in [6.07, 6.45) is 13.5. The second-order valence-corrected chi connectivity index (χ2v) is 12.0. The number of esters is 1. The number of carbonyl (C=O) groups is 1. The van der Waals surface area contributed by atoms with Crippen LogP contribution in [0.4, 0.5) is 8.78 Å². The molecule has 2 fully saturated rings. The molecule has 0 bridgehead atoms. The van der Waals surface area contributed by atoms with Crippen LogP contribution in [0, 0.1) is 23.5 Å². The SMILES string of the molecule is CCC[C@H]1CC[C@H](c2ccc(C(=O)Oc3ccc(-c4ccc(C5CCC(CC)CC5)cc4)c(F)c3F)cc2)CC1. The first kappa shape index (κ1) is 28.5. The molecule has 0 heterocycles. The van der Waals surface area contributed by atoms with Gasteiger partial charge < -0.3 is 4.74 Å². The lowest BCUT2D eigenvalue weighted by molar-refractivity contribution is 0.0726. The molecule has 5 rings (SSSR count). The van der Waals surface area contributed by atoms with Crippen LogP contribution in [0.3, 0.4) is 0 Å². The van der Waals surface area contributed by atoms with Gasteiger partial charge in [0.2, 0.25) is 5.82 Å². The van der Waals surface area contributed by atoms with Crippen molar-refractivity contribution in [1.82, 2.24) is 0 Å². The van der Waals surface area contributed by atoms with E-state index < -0.39 is 23.4 Å². The average molecular weight is 545 g/mol. The van der Waals surface area contributed by atoms with E-state index in [9.17, 15) is 4.79 Å². The molecule has 0 saturated heterocycles. The van der Waals surface area contributed by atoms with Crippen LogP contribution in [0.1, 0.15) is 118 Å². The van der Waals surface area contributed by atoms with Crippen molar-refractivity contribution in [1.29, 1.82) is 0 Å². The highest BCUT2D eigenvalue weighted by Crippen LogP contribution is 2.39.